The van der Waals surface area contributed by atoms with E-state index in [1.807, 2.05) is 6.92 Å². The van der Waals surface area contributed by atoms with Crippen LogP contribution in [0.2, 0.25) is 0 Å². The van der Waals surface area contributed by atoms with E-state index in [1.165, 1.54) is 12.8 Å². The van der Waals surface area contributed by atoms with Gasteiger partial charge in [-0.25, -0.2) is 4.99 Å². The molecular weight excluding hydrogens is 216 g/mol. The van der Waals surface area contributed by atoms with Gasteiger partial charge in [-0.2, -0.15) is 0 Å². The van der Waals surface area contributed by atoms with Crippen LogP contribution in [0.3, 0.4) is 0 Å². The molecule has 100 valence electrons. The molecule has 0 heterocycles. The van der Waals surface area contributed by atoms with Crippen molar-refractivity contribution in [3.05, 3.63) is 0 Å². The van der Waals surface area contributed by atoms with E-state index in [9.17, 15) is 4.79 Å². The van der Waals surface area contributed by atoms with Gasteiger partial charge in [0, 0.05) is 27.2 Å². The first-order valence-corrected chi connectivity index (χ1v) is 6.34. The zero-order valence-corrected chi connectivity index (χ0v) is 11.5. The van der Waals surface area contributed by atoms with Crippen molar-refractivity contribution in [1.29, 1.82) is 0 Å². The molecular formula is C12H26N4O. The van der Waals surface area contributed by atoms with Gasteiger partial charge in [0.2, 0.25) is 5.91 Å². The molecule has 0 saturated carbocycles. The van der Waals surface area contributed by atoms with Crippen LogP contribution in [0.5, 0.6) is 0 Å². The highest BCUT2D eigenvalue weighted by Crippen LogP contribution is 1.91. The van der Waals surface area contributed by atoms with Gasteiger partial charge in [0.05, 0.1) is 0 Å². The van der Waals surface area contributed by atoms with Crippen molar-refractivity contribution in [3.63, 3.8) is 0 Å². The Labute approximate surface area is 105 Å². The van der Waals surface area contributed by atoms with E-state index in [0.29, 0.717) is 0 Å². The molecule has 0 aliphatic carbocycles. The van der Waals surface area contributed by atoms with Gasteiger partial charge in [-0.3, -0.25) is 4.79 Å². The van der Waals surface area contributed by atoms with Gasteiger partial charge < -0.3 is 15.5 Å². The third kappa shape index (κ3) is 8.54. The molecule has 0 aliphatic rings. The van der Waals surface area contributed by atoms with E-state index in [2.05, 4.69) is 22.5 Å². The fraction of sp³-hybridized carbons (Fsp3) is 0.833. The second-order valence-corrected chi connectivity index (χ2v) is 4.12. The van der Waals surface area contributed by atoms with E-state index in [0.717, 1.165) is 25.5 Å². The summed E-state index contributed by atoms with van der Waals surface area (Å²) in [4.78, 5) is 17.2. The molecule has 0 saturated heterocycles. The van der Waals surface area contributed by atoms with Crippen LogP contribution in [-0.4, -0.2) is 50.5 Å². The topological polar surface area (TPSA) is 56.7 Å². The lowest BCUT2D eigenvalue weighted by Crippen LogP contribution is -2.38. The molecule has 0 unspecified atom stereocenters. The predicted molar refractivity (Wildman–Crippen MR) is 72.2 cm³/mol. The molecule has 0 atom stereocenters. The van der Waals surface area contributed by atoms with Gasteiger partial charge in [0.15, 0.2) is 5.96 Å². The molecule has 0 aliphatic heterocycles. The Morgan fingerprint density at radius 2 is 1.88 bits per heavy atom. The quantitative estimate of drug-likeness (QED) is 0.395. The van der Waals surface area contributed by atoms with Crippen molar-refractivity contribution in [3.8, 4) is 0 Å². The highest BCUT2D eigenvalue weighted by Gasteiger charge is 2.03. The van der Waals surface area contributed by atoms with Crippen molar-refractivity contribution in [2.24, 2.45) is 4.99 Å². The second-order valence-electron chi connectivity index (χ2n) is 4.12. The molecule has 5 nitrogen and oxygen atoms in total. The van der Waals surface area contributed by atoms with E-state index in [-0.39, 0.29) is 12.5 Å². The summed E-state index contributed by atoms with van der Waals surface area (Å²) < 4.78 is 0. The summed E-state index contributed by atoms with van der Waals surface area (Å²) in [5.41, 5.74) is 0. The third-order valence-corrected chi connectivity index (χ3v) is 2.29. The third-order valence-electron chi connectivity index (χ3n) is 2.29. The van der Waals surface area contributed by atoms with Crippen LogP contribution in [0.25, 0.3) is 0 Å². The maximum absolute atomic E-state index is 11.4. The van der Waals surface area contributed by atoms with Crippen molar-refractivity contribution >= 4 is 11.9 Å². The standard InChI is InChI=1S/C12H26N4O/c1-5-7-8-9-14-12(13-6-2)15-10-11(17)16(3)4/h5-10H2,1-4H3,(H2,13,14,15). The monoisotopic (exact) mass is 242 g/mol. The van der Waals surface area contributed by atoms with Crippen LogP contribution in [0.4, 0.5) is 0 Å². The predicted octanol–water partition coefficient (Wildman–Crippen LogP) is 0.820. The molecule has 0 aromatic carbocycles. The minimum absolute atomic E-state index is 0.00996. The number of hydrogen-bond acceptors (Lipinski definition) is 2. The Bertz CT molecular complexity index is 239. The van der Waals surface area contributed by atoms with Crippen molar-refractivity contribution < 1.29 is 4.79 Å². The first kappa shape index (κ1) is 15.7. The molecule has 5 heteroatoms. The SMILES string of the molecule is CCCCCNC(=NCC(=O)N(C)C)NCC. The summed E-state index contributed by atoms with van der Waals surface area (Å²) in [7, 11) is 3.47. The average molecular weight is 242 g/mol. The van der Waals surface area contributed by atoms with Crippen LogP contribution in [0.15, 0.2) is 4.99 Å². The molecule has 0 bridgehead atoms. The highest BCUT2D eigenvalue weighted by atomic mass is 16.2. The van der Waals surface area contributed by atoms with Crippen LogP contribution in [0, 0.1) is 0 Å². The molecule has 0 spiro atoms. The van der Waals surface area contributed by atoms with Crippen molar-refractivity contribution in [1.82, 2.24) is 15.5 Å². The van der Waals surface area contributed by atoms with E-state index in [4.69, 9.17) is 0 Å². The number of likely N-dealkylation sites (N-methyl/N-ethyl adjacent to an activating group) is 1. The van der Waals surface area contributed by atoms with Gasteiger partial charge in [-0.1, -0.05) is 19.8 Å². The lowest BCUT2D eigenvalue weighted by Gasteiger charge is -2.12. The van der Waals surface area contributed by atoms with Gasteiger partial charge >= 0.3 is 0 Å². The van der Waals surface area contributed by atoms with Crippen LogP contribution in [0.1, 0.15) is 33.1 Å². The highest BCUT2D eigenvalue weighted by molar-refractivity contribution is 5.84. The lowest BCUT2D eigenvalue weighted by molar-refractivity contribution is -0.127. The smallest absolute Gasteiger partial charge is 0.243 e. The van der Waals surface area contributed by atoms with Crippen LogP contribution >= 0.6 is 0 Å². The number of rotatable bonds is 7. The summed E-state index contributed by atoms with van der Waals surface area (Å²) >= 11 is 0. The fourth-order valence-corrected chi connectivity index (χ4v) is 1.21. The number of carbonyl (C=O) groups is 1. The number of amides is 1. The summed E-state index contributed by atoms with van der Waals surface area (Å²) in [6.07, 6.45) is 3.54. The average Bonchev–Trinajstić information content (AvgIpc) is 2.30. The number of hydrogen-bond donors (Lipinski definition) is 2. The zero-order valence-electron chi connectivity index (χ0n) is 11.5. The maximum Gasteiger partial charge on any atom is 0.243 e. The molecule has 1 amide bonds. The van der Waals surface area contributed by atoms with Crippen LogP contribution < -0.4 is 10.6 Å². The van der Waals surface area contributed by atoms with Gasteiger partial charge in [0.25, 0.3) is 0 Å². The summed E-state index contributed by atoms with van der Waals surface area (Å²) in [6, 6.07) is 0. The molecule has 17 heavy (non-hydrogen) atoms. The number of unbranched alkanes of at least 4 members (excludes halogenated alkanes) is 2. The molecule has 0 fully saturated rings. The van der Waals surface area contributed by atoms with E-state index in [1.54, 1.807) is 19.0 Å². The summed E-state index contributed by atoms with van der Waals surface area (Å²) in [5.74, 6) is 0.731. The molecule has 0 rings (SSSR count). The molecule has 2 N–H and O–H groups in total. The van der Waals surface area contributed by atoms with Gasteiger partial charge in [-0.15, -0.1) is 0 Å². The number of nitrogens with one attached hydrogen (secondary N) is 2. The van der Waals surface area contributed by atoms with Crippen molar-refractivity contribution in [2.75, 3.05) is 33.7 Å². The minimum atomic E-state index is 0.00996. The minimum Gasteiger partial charge on any atom is -0.357 e. The largest absolute Gasteiger partial charge is 0.357 e. The Morgan fingerprint density at radius 3 is 2.41 bits per heavy atom. The van der Waals surface area contributed by atoms with E-state index < -0.39 is 0 Å². The molecule has 0 aromatic rings. The first-order valence-electron chi connectivity index (χ1n) is 6.34. The number of guanidine groups is 1. The summed E-state index contributed by atoms with van der Waals surface area (Å²) in [6.45, 7) is 6.08. The molecule has 0 aromatic heterocycles. The van der Waals surface area contributed by atoms with Gasteiger partial charge in [-0.05, 0) is 13.3 Å². The lowest BCUT2D eigenvalue weighted by atomic mass is 10.2. The Kier molecular flexibility index (Phi) is 9.19. The fourth-order valence-electron chi connectivity index (χ4n) is 1.21. The maximum atomic E-state index is 11.4. The van der Waals surface area contributed by atoms with Crippen molar-refractivity contribution in [2.45, 2.75) is 33.1 Å². The number of nitrogens with zero attached hydrogens (tertiary/aromatic N) is 2. The van der Waals surface area contributed by atoms with Gasteiger partial charge in [0.1, 0.15) is 6.54 Å². The first-order chi connectivity index (χ1) is 8.11. The Hall–Kier alpha value is -1.26. The second kappa shape index (κ2) is 9.93. The zero-order chi connectivity index (χ0) is 13.1. The number of carbonyl (C=O) groups excluding carboxylic acids is 1. The van der Waals surface area contributed by atoms with E-state index >= 15 is 0 Å². The normalized spacial score (nSPS) is 11.2. The Morgan fingerprint density at radius 1 is 1.18 bits per heavy atom. The van der Waals surface area contributed by atoms with Crippen LogP contribution in [-0.2, 0) is 4.79 Å². The Balaban J connectivity index is 4.02. The summed E-state index contributed by atoms with van der Waals surface area (Å²) in [5, 5.41) is 6.34. The number of aliphatic imine (C=N–C) groups is 1. The molecule has 0 radical (unpaired) electrons.